The second-order valence-corrected chi connectivity index (χ2v) is 6.29. The van der Waals surface area contributed by atoms with Crippen LogP contribution >= 0.6 is 0 Å². The number of hydrogen-bond donors (Lipinski definition) is 3. The van der Waals surface area contributed by atoms with Gasteiger partial charge in [-0.05, 0) is 38.0 Å². The summed E-state index contributed by atoms with van der Waals surface area (Å²) in [7, 11) is 0. The van der Waals surface area contributed by atoms with Crippen molar-refractivity contribution in [2.24, 2.45) is 11.1 Å². The van der Waals surface area contributed by atoms with Crippen LogP contribution in [-0.2, 0) is 0 Å². The molecule has 0 amide bonds. The van der Waals surface area contributed by atoms with E-state index < -0.39 is 0 Å². The van der Waals surface area contributed by atoms with Crippen LogP contribution in [0.1, 0.15) is 59.3 Å². The highest BCUT2D eigenvalue weighted by molar-refractivity contribution is 5.04. The Morgan fingerprint density at radius 2 is 1.94 bits per heavy atom. The topological polar surface area (TPSA) is 58.3 Å². The molecule has 1 fully saturated rings. The van der Waals surface area contributed by atoms with Crippen LogP contribution in [0.15, 0.2) is 0 Å². The van der Waals surface area contributed by atoms with Crippen molar-refractivity contribution in [3.05, 3.63) is 0 Å². The van der Waals surface area contributed by atoms with Gasteiger partial charge in [-0.2, -0.15) is 0 Å². The standard InChI is InChI=1S/C14H30N2O/c1-12(7-6-10-17)16-14(11-15)9-5-4-8-13(14,2)3/h12,16-17H,4-11,15H2,1-3H3. The van der Waals surface area contributed by atoms with Crippen LogP contribution in [0, 0.1) is 5.41 Å². The van der Waals surface area contributed by atoms with Crippen LogP contribution in [0.4, 0.5) is 0 Å². The van der Waals surface area contributed by atoms with Crippen molar-refractivity contribution in [3.63, 3.8) is 0 Å². The van der Waals surface area contributed by atoms with Crippen LogP contribution in [0.25, 0.3) is 0 Å². The Balaban J connectivity index is 2.66. The number of aliphatic hydroxyl groups excluding tert-OH is 1. The van der Waals surface area contributed by atoms with Crippen LogP contribution in [0.3, 0.4) is 0 Å². The molecule has 3 heteroatoms. The molecule has 1 aliphatic rings. The smallest absolute Gasteiger partial charge is 0.0431 e. The third-order valence-electron chi connectivity index (χ3n) is 4.62. The molecule has 2 atom stereocenters. The monoisotopic (exact) mass is 242 g/mol. The molecule has 0 spiro atoms. The normalized spacial score (nSPS) is 30.2. The molecule has 3 nitrogen and oxygen atoms in total. The fourth-order valence-electron chi connectivity index (χ4n) is 3.22. The third-order valence-corrected chi connectivity index (χ3v) is 4.62. The van der Waals surface area contributed by atoms with Gasteiger partial charge in [0, 0.05) is 24.7 Å². The van der Waals surface area contributed by atoms with Gasteiger partial charge in [0.05, 0.1) is 0 Å². The molecule has 17 heavy (non-hydrogen) atoms. The predicted octanol–water partition coefficient (Wildman–Crippen LogP) is 2.03. The lowest BCUT2D eigenvalue weighted by Crippen LogP contribution is -2.64. The maximum absolute atomic E-state index is 8.89. The molecule has 0 aliphatic heterocycles. The van der Waals surface area contributed by atoms with Crippen LogP contribution in [0.5, 0.6) is 0 Å². The third kappa shape index (κ3) is 3.43. The average Bonchev–Trinajstić information content (AvgIpc) is 2.29. The SMILES string of the molecule is CC(CCCO)NC1(CN)CCCCC1(C)C. The van der Waals surface area contributed by atoms with Gasteiger partial charge in [0.2, 0.25) is 0 Å². The van der Waals surface area contributed by atoms with E-state index in [1.807, 2.05) is 0 Å². The van der Waals surface area contributed by atoms with Gasteiger partial charge in [-0.25, -0.2) is 0 Å². The molecule has 0 saturated heterocycles. The second-order valence-electron chi connectivity index (χ2n) is 6.29. The van der Waals surface area contributed by atoms with Crippen LogP contribution < -0.4 is 11.1 Å². The predicted molar refractivity (Wildman–Crippen MR) is 73.0 cm³/mol. The number of rotatable bonds is 6. The van der Waals surface area contributed by atoms with E-state index in [0.29, 0.717) is 12.6 Å². The molecule has 0 aromatic heterocycles. The zero-order valence-electron chi connectivity index (χ0n) is 11.8. The maximum atomic E-state index is 8.89. The van der Waals surface area contributed by atoms with Crippen molar-refractivity contribution in [2.75, 3.05) is 13.2 Å². The van der Waals surface area contributed by atoms with E-state index in [2.05, 4.69) is 26.1 Å². The van der Waals surface area contributed by atoms with Crippen molar-refractivity contribution in [1.29, 1.82) is 0 Å². The first-order chi connectivity index (χ1) is 7.97. The summed E-state index contributed by atoms with van der Waals surface area (Å²) in [6, 6.07) is 0.433. The Hall–Kier alpha value is -0.120. The Morgan fingerprint density at radius 1 is 1.29 bits per heavy atom. The van der Waals surface area contributed by atoms with E-state index in [9.17, 15) is 0 Å². The van der Waals surface area contributed by atoms with Crippen LogP contribution in [-0.4, -0.2) is 29.8 Å². The molecule has 1 aliphatic carbocycles. The van der Waals surface area contributed by atoms with E-state index >= 15 is 0 Å². The molecule has 1 saturated carbocycles. The minimum atomic E-state index is 0.0835. The summed E-state index contributed by atoms with van der Waals surface area (Å²) in [5.41, 5.74) is 6.43. The molecule has 0 aromatic carbocycles. The second kappa shape index (κ2) is 6.17. The fraction of sp³-hybridized carbons (Fsp3) is 1.00. The largest absolute Gasteiger partial charge is 0.396 e. The fourth-order valence-corrected chi connectivity index (χ4v) is 3.22. The molecule has 2 unspecified atom stereocenters. The molecular formula is C14H30N2O. The van der Waals surface area contributed by atoms with Gasteiger partial charge in [0.25, 0.3) is 0 Å². The molecular weight excluding hydrogens is 212 g/mol. The maximum Gasteiger partial charge on any atom is 0.0431 e. The lowest BCUT2D eigenvalue weighted by atomic mass is 9.63. The summed E-state index contributed by atoms with van der Waals surface area (Å²) in [6.07, 6.45) is 6.93. The summed E-state index contributed by atoms with van der Waals surface area (Å²) in [6.45, 7) is 7.88. The summed E-state index contributed by atoms with van der Waals surface area (Å²) < 4.78 is 0. The molecule has 0 heterocycles. The van der Waals surface area contributed by atoms with Crippen LogP contribution in [0.2, 0.25) is 0 Å². The van der Waals surface area contributed by atoms with E-state index in [1.54, 1.807) is 0 Å². The van der Waals surface area contributed by atoms with Gasteiger partial charge >= 0.3 is 0 Å². The number of nitrogens with two attached hydrogens (primary N) is 1. The summed E-state index contributed by atoms with van der Waals surface area (Å²) >= 11 is 0. The molecule has 102 valence electrons. The number of aliphatic hydroxyl groups is 1. The summed E-state index contributed by atoms with van der Waals surface area (Å²) in [5.74, 6) is 0. The van der Waals surface area contributed by atoms with E-state index in [1.165, 1.54) is 25.7 Å². The Morgan fingerprint density at radius 3 is 2.47 bits per heavy atom. The zero-order valence-corrected chi connectivity index (χ0v) is 11.8. The van der Waals surface area contributed by atoms with Crippen molar-refractivity contribution >= 4 is 0 Å². The Labute approximate surface area is 106 Å². The van der Waals surface area contributed by atoms with Gasteiger partial charge in [-0.3, -0.25) is 0 Å². The van der Waals surface area contributed by atoms with Gasteiger partial charge < -0.3 is 16.2 Å². The number of nitrogens with one attached hydrogen (secondary N) is 1. The molecule has 0 aromatic rings. The first-order valence-corrected chi connectivity index (χ1v) is 7.06. The highest BCUT2D eigenvalue weighted by Crippen LogP contribution is 2.43. The summed E-state index contributed by atoms with van der Waals surface area (Å²) in [4.78, 5) is 0. The molecule has 1 rings (SSSR count). The molecule has 0 radical (unpaired) electrons. The highest BCUT2D eigenvalue weighted by atomic mass is 16.2. The van der Waals surface area contributed by atoms with E-state index in [-0.39, 0.29) is 17.6 Å². The molecule has 0 bridgehead atoms. The van der Waals surface area contributed by atoms with Gasteiger partial charge in [-0.1, -0.05) is 26.7 Å². The zero-order chi connectivity index (χ0) is 12.9. The van der Waals surface area contributed by atoms with Gasteiger partial charge in [-0.15, -0.1) is 0 Å². The van der Waals surface area contributed by atoms with Crippen molar-refractivity contribution in [3.8, 4) is 0 Å². The summed E-state index contributed by atoms with van der Waals surface area (Å²) in [5, 5.41) is 12.7. The quantitative estimate of drug-likeness (QED) is 0.668. The van der Waals surface area contributed by atoms with Gasteiger partial charge in [0.1, 0.15) is 0 Å². The number of hydrogen-bond acceptors (Lipinski definition) is 3. The molecule has 4 N–H and O–H groups in total. The van der Waals surface area contributed by atoms with E-state index in [4.69, 9.17) is 10.8 Å². The lowest BCUT2D eigenvalue weighted by molar-refractivity contribution is 0.0575. The van der Waals surface area contributed by atoms with E-state index in [0.717, 1.165) is 12.8 Å². The highest BCUT2D eigenvalue weighted by Gasteiger charge is 2.45. The first kappa shape index (κ1) is 14.9. The Kier molecular flexibility index (Phi) is 5.42. The lowest BCUT2D eigenvalue weighted by Gasteiger charge is -2.52. The first-order valence-electron chi connectivity index (χ1n) is 7.06. The minimum absolute atomic E-state index is 0.0835. The Bertz CT molecular complexity index is 230. The average molecular weight is 242 g/mol. The van der Waals surface area contributed by atoms with Crippen molar-refractivity contribution < 1.29 is 5.11 Å². The minimum Gasteiger partial charge on any atom is -0.396 e. The van der Waals surface area contributed by atoms with Crippen molar-refractivity contribution in [1.82, 2.24) is 5.32 Å². The van der Waals surface area contributed by atoms with Gasteiger partial charge in [0.15, 0.2) is 0 Å². The van der Waals surface area contributed by atoms with Crippen molar-refractivity contribution in [2.45, 2.75) is 70.9 Å².